The van der Waals surface area contributed by atoms with E-state index in [2.05, 4.69) is 29.5 Å². The first-order chi connectivity index (χ1) is 6.02. The minimum Gasteiger partial charge on any atom is -0.370 e. The van der Waals surface area contributed by atoms with Crippen LogP contribution < -0.4 is 11.5 Å². The smallest absolute Gasteiger partial charge is 0.186 e. The molecule has 0 fully saturated rings. The molecule has 1 aromatic rings. The van der Waals surface area contributed by atoms with Gasteiger partial charge in [-0.1, -0.05) is 0 Å². The van der Waals surface area contributed by atoms with Gasteiger partial charge < -0.3 is 16.0 Å². The first kappa shape index (κ1) is 9.64. The van der Waals surface area contributed by atoms with E-state index >= 15 is 0 Å². The molecule has 0 aliphatic rings. The highest BCUT2D eigenvalue weighted by Gasteiger charge is 2.04. The summed E-state index contributed by atoms with van der Waals surface area (Å²) in [6, 6.07) is 2.10. The van der Waals surface area contributed by atoms with Gasteiger partial charge >= 0.3 is 0 Å². The predicted octanol–water partition coefficient (Wildman–Crippen LogP) is 0.415. The van der Waals surface area contributed by atoms with Crippen LogP contribution >= 0.6 is 0 Å². The van der Waals surface area contributed by atoms with Crippen molar-refractivity contribution in [1.29, 1.82) is 0 Å². The summed E-state index contributed by atoms with van der Waals surface area (Å²) in [5.74, 6) is 0.140. The zero-order valence-corrected chi connectivity index (χ0v) is 8.33. The van der Waals surface area contributed by atoms with Crippen LogP contribution in [0.15, 0.2) is 11.1 Å². The molecule has 0 spiro atoms. The number of nitrogens with two attached hydrogens (primary N) is 2. The van der Waals surface area contributed by atoms with Gasteiger partial charge in [0.25, 0.3) is 0 Å². The Hall–Kier alpha value is -1.45. The molecule has 0 saturated carbocycles. The highest BCUT2D eigenvalue weighted by molar-refractivity contribution is 5.75. The summed E-state index contributed by atoms with van der Waals surface area (Å²) in [6.07, 6.45) is 0. The number of rotatable bonds is 2. The Balaban J connectivity index is 2.90. The predicted molar refractivity (Wildman–Crippen MR) is 54.4 cm³/mol. The molecule has 0 radical (unpaired) electrons. The number of aromatic nitrogens is 1. The lowest BCUT2D eigenvalue weighted by Crippen LogP contribution is -2.22. The molecule has 4 N–H and O–H groups in total. The van der Waals surface area contributed by atoms with Crippen molar-refractivity contribution in [3.05, 3.63) is 23.0 Å². The Labute approximate surface area is 78.3 Å². The molecule has 0 aliphatic carbocycles. The molecule has 0 saturated heterocycles. The molecule has 13 heavy (non-hydrogen) atoms. The Bertz CT molecular complexity index is 332. The standard InChI is InChI=1S/C9H16N4/c1-6-4-8(5-12-9(10)11)7(2)13(6)3/h4H,5H2,1-3H3,(H4,10,11,12). The zero-order valence-electron chi connectivity index (χ0n) is 8.33. The number of hydrogen-bond acceptors (Lipinski definition) is 1. The van der Waals surface area contributed by atoms with Crippen LogP contribution in [-0.2, 0) is 13.6 Å². The number of nitrogens with zero attached hydrogens (tertiary/aromatic N) is 2. The summed E-state index contributed by atoms with van der Waals surface area (Å²) in [6.45, 7) is 4.69. The fourth-order valence-electron chi connectivity index (χ4n) is 1.27. The molecule has 1 rings (SSSR count). The Kier molecular flexibility index (Phi) is 2.60. The Morgan fingerprint density at radius 2 is 2.08 bits per heavy atom. The number of hydrogen-bond donors (Lipinski definition) is 2. The summed E-state index contributed by atoms with van der Waals surface area (Å²) in [5.41, 5.74) is 14.1. The van der Waals surface area contributed by atoms with E-state index in [1.165, 1.54) is 17.0 Å². The lowest BCUT2D eigenvalue weighted by molar-refractivity contribution is 0.834. The summed E-state index contributed by atoms with van der Waals surface area (Å²) in [7, 11) is 2.03. The monoisotopic (exact) mass is 180 g/mol. The van der Waals surface area contributed by atoms with Gasteiger partial charge in [-0.05, 0) is 25.5 Å². The van der Waals surface area contributed by atoms with Gasteiger partial charge in [0.15, 0.2) is 5.96 Å². The van der Waals surface area contributed by atoms with Crippen LogP contribution in [0.2, 0.25) is 0 Å². The van der Waals surface area contributed by atoms with Crippen molar-refractivity contribution in [2.24, 2.45) is 23.5 Å². The molecule has 0 atom stereocenters. The van der Waals surface area contributed by atoms with E-state index in [-0.39, 0.29) is 5.96 Å². The van der Waals surface area contributed by atoms with Crippen LogP contribution in [0, 0.1) is 13.8 Å². The van der Waals surface area contributed by atoms with Crippen LogP contribution in [0.1, 0.15) is 17.0 Å². The van der Waals surface area contributed by atoms with Gasteiger partial charge in [-0.15, -0.1) is 0 Å². The first-order valence-electron chi connectivity index (χ1n) is 4.19. The minimum atomic E-state index is 0.140. The molecule has 1 aromatic heterocycles. The summed E-state index contributed by atoms with van der Waals surface area (Å²) < 4.78 is 2.12. The van der Waals surface area contributed by atoms with Crippen molar-refractivity contribution in [3.8, 4) is 0 Å². The largest absolute Gasteiger partial charge is 0.370 e. The van der Waals surface area contributed by atoms with Gasteiger partial charge in [-0.2, -0.15) is 0 Å². The molecule has 0 unspecified atom stereocenters. The maximum absolute atomic E-state index is 5.26. The van der Waals surface area contributed by atoms with Crippen molar-refractivity contribution < 1.29 is 0 Å². The highest BCUT2D eigenvalue weighted by Crippen LogP contribution is 2.13. The third kappa shape index (κ3) is 2.02. The summed E-state index contributed by atoms with van der Waals surface area (Å²) >= 11 is 0. The molecule has 0 aromatic carbocycles. The lowest BCUT2D eigenvalue weighted by atomic mass is 10.2. The van der Waals surface area contributed by atoms with E-state index in [1.54, 1.807) is 0 Å². The van der Waals surface area contributed by atoms with Crippen LogP contribution in [0.25, 0.3) is 0 Å². The van der Waals surface area contributed by atoms with Crippen molar-refractivity contribution in [2.75, 3.05) is 0 Å². The van der Waals surface area contributed by atoms with Crippen LogP contribution in [-0.4, -0.2) is 10.5 Å². The van der Waals surface area contributed by atoms with Gasteiger partial charge in [0.1, 0.15) is 0 Å². The van der Waals surface area contributed by atoms with Gasteiger partial charge in [0, 0.05) is 18.4 Å². The normalized spacial score (nSPS) is 10.1. The van der Waals surface area contributed by atoms with Crippen LogP contribution in [0.3, 0.4) is 0 Å². The van der Waals surface area contributed by atoms with Gasteiger partial charge in [0.05, 0.1) is 6.54 Å². The fourth-order valence-corrected chi connectivity index (χ4v) is 1.27. The Morgan fingerprint density at radius 1 is 1.46 bits per heavy atom. The van der Waals surface area contributed by atoms with Gasteiger partial charge in [0.2, 0.25) is 0 Å². The number of aliphatic imine (C=N–C) groups is 1. The van der Waals surface area contributed by atoms with E-state index in [9.17, 15) is 0 Å². The quantitative estimate of drug-likeness (QED) is 0.511. The van der Waals surface area contributed by atoms with Crippen LogP contribution in [0.5, 0.6) is 0 Å². The molecular formula is C9H16N4. The summed E-state index contributed by atoms with van der Waals surface area (Å²) in [4.78, 5) is 3.97. The third-order valence-electron chi connectivity index (χ3n) is 2.31. The van der Waals surface area contributed by atoms with Crippen molar-refractivity contribution in [3.63, 3.8) is 0 Å². The SMILES string of the molecule is Cc1cc(CN=C(N)N)c(C)n1C. The van der Waals surface area contributed by atoms with E-state index in [0.717, 1.165) is 0 Å². The molecule has 72 valence electrons. The second-order valence-corrected chi connectivity index (χ2v) is 3.20. The molecule has 4 heteroatoms. The zero-order chi connectivity index (χ0) is 10.0. The maximum atomic E-state index is 5.26. The lowest BCUT2D eigenvalue weighted by Gasteiger charge is -2.00. The molecule has 1 heterocycles. The molecule has 0 bridgehead atoms. The third-order valence-corrected chi connectivity index (χ3v) is 2.31. The fraction of sp³-hybridized carbons (Fsp3) is 0.444. The average molecular weight is 180 g/mol. The maximum Gasteiger partial charge on any atom is 0.186 e. The number of guanidine groups is 1. The van der Waals surface area contributed by atoms with Crippen molar-refractivity contribution >= 4 is 5.96 Å². The Morgan fingerprint density at radius 3 is 2.46 bits per heavy atom. The molecule has 0 aliphatic heterocycles. The van der Waals surface area contributed by atoms with Crippen molar-refractivity contribution in [2.45, 2.75) is 20.4 Å². The first-order valence-corrected chi connectivity index (χ1v) is 4.19. The van der Waals surface area contributed by atoms with E-state index in [1.807, 2.05) is 7.05 Å². The van der Waals surface area contributed by atoms with Gasteiger partial charge in [-0.3, -0.25) is 0 Å². The topological polar surface area (TPSA) is 69.3 Å². The summed E-state index contributed by atoms with van der Waals surface area (Å²) in [5, 5.41) is 0. The van der Waals surface area contributed by atoms with Crippen LogP contribution in [0.4, 0.5) is 0 Å². The van der Waals surface area contributed by atoms with Crippen molar-refractivity contribution in [1.82, 2.24) is 4.57 Å². The molecule has 0 amide bonds. The molecular weight excluding hydrogens is 164 g/mol. The number of aryl methyl sites for hydroxylation is 1. The van der Waals surface area contributed by atoms with Gasteiger partial charge in [-0.25, -0.2) is 4.99 Å². The van der Waals surface area contributed by atoms with E-state index in [4.69, 9.17) is 11.5 Å². The second-order valence-electron chi connectivity index (χ2n) is 3.20. The highest BCUT2D eigenvalue weighted by atomic mass is 15.0. The minimum absolute atomic E-state index is 0.140. The van der Waals surface area contributed by atoms with E-state index < -0.39 is 0 Å². The molecule has 4 nitrogen and oxygen atoms in total. The second kappa shape index (κ2) is 3.51. The van der Waals surface area contributed by atoms with E-state index in [0.29, 0.717) is 6.54 Å². The average Bonchev–Trinajstić information content (AvgIpc) is 2.29.